The molecule has 0 spiro atoms. The van der Waals surface area contributed by atoms with Gasteiger partial charge in [-0.25, -0.2) is 14.8 Å². The number of ether oxygens (including phenoxy) is 2. The molecule has 32 heavy (non-hydrogen) atoms. The lowest BCUT2D eigenvalue weighted by atomic mass is 10.1. The lowest BCUT2D eigenvalue weighted by Gasteiger charge is -2.11. The Morgan fingerprint density at radius 3 is 2.62 bits per heavy atom. The van der Waals surface area contributed by atoms with E-state index in [9.17, 15) is 4.79 Å². The third-order valence-corrected chi connectivity index (χ3v) is 5.34. The highest BCUT2D eigenvalue weighted by molar-refractivity contribution is 7.07. The standard InChI is InChI=1S/C25H23N3O3S/c1-2-30-25(29)23(24-26-12-13-28(24)15-20-6-4-3-5-7-20)14-19-8-10-22(11-9-19)31-16-21-17-32-18-27-21/h3-14,17-18H,2,15-16H2,1H3/b23-14+. The minimum Gasteiger partial charge on any atom is -0.487 e. The normalized spacial score (nSPS) is 11.3. The molecule has 0 aliphatic heterocycles. The Labute approximate surface area is 190 Å². The first-order chi connectivity index (χ1) is 15.7. The number of rotatable bonds is 9. The topological polar surface area (TPSA) is 66.2 Å². The van der Waals surface area contributed by atoms with Crippen molar-refractivity contribution in [2.24, 2.45) is 0 Å². The average molecular weight is 446 g/mol. The quantitative estimate of drug-likeness (QED) is 0.266. The summed E-state index contributed by atoms with van der Waals surface area (Å²) >= 11 is 1.54. The Hall–Kier alpha value is -3.71. The largest absolute Gasteiger partial charge is 0.487 e. The summed E-state index contributed by atoms with van der Waals surface area (Å²) in [6.07, 6.45) is 5.36. The molecule has 2 heterocycles. The zero-order valence-electron chi connectivity index (χ0n) is 17.7. The van der Waals surface area contributed by atoms with Gasteiger partial charge in [0.05, 0.1) is 17.8 Å². The van der Waals surface area contributed by atoms with Gasteiger partial charge in [-0.2, -0.15) is 0 Å². The molecule has 2 aromatic heterocycles. The zero-order valence-corrected chi connectivity index (χ0v) is 18.5. The molecule has 7 heteroatoms. The fourth-order valence-corrected chi connectivity index (χ4v) is 3.72. The van der Waals surface area contributed by atoms with E-state index in [1.54, 1.807) is 36.0 Å². The molecule has 2 aromatic carbocycles. The minimum atomic E-state index is -0.406. The molecule has 4 rings (SSSR count). The van der Waals surface area contributed by atoms with Crippen LogP contribution in [-0.2, 0) is 22.7 Å². The second-order valence-corrected chi connectivity index (χ2v) is 7.70. The lowest BCUT2D eigenvalue weighted by molar-refractivity contribution is -0.136. The molecular weight excluding hydrogens is 422 g/mol. The van der Waals surface area contributed by atoms with Crippen molar-refractivity contribution >= 4 is 29.0 Å². The van der Waals surface area contributed by atoms with Gasteiger partial charge < -0.3 is 14.0 Å². The van der Waals surface area contributed by atoms with E-state index >= 15 is 0 Å². The van der Waals surface area contributed by atoms with E-state index in [-0.39, 0.29) is 0 Å². The zero-order chi connectivity index (χ0) is 22.2. The molecule has 0 atom stereocenters. The summed E-state index contributed by atoms with van der Waals surface area (Å²) < 4.78 is 13.0. The van der Waals surface area contributed by atoms with Crippen LogP contribution in [0.1, 0.15) is 29.6 Å². The molecule has 0 fully saturated rings. The van der Waals surface area contributed by atoms with E-state index in [0.717, 1.165) is 22.6 Å². The fraction of sp³-hybridized carbons (Fsp3) is 0.160. The number of aromatic nitrogens is 3. The highest BCUT2D eigenvalue weighted by Crippen LogP contribution is 2.22. The summed E-state index contributed by atoms with van der Waals surface area (Å²) in [5.41, 5.74) is 5.06. The fourth-order valence-electron chi connectivity index (χ4n) is 3.18. The number of carbonyl (C=O) groups excluding carboxylic acids is 1. The van der Waals surface area contributed by atoms with Crippen LogP contribution in [-0.4, -0.2) is 27.1 Å². The van der Waals surface area contributed by atoms with Crippen molar-refractivity contribution in [1.82, 2.24) is 14.5 Å². The molecule has 4 aromatic rings. The maximum absolute atomic E-state index is 12.8. The van der Waals surface area contributed by atoms with Gasteiger partial charge in [0.1, 0.15) is 23.8 Å². The summed E-state index contributed by atoms with van der Waals surface area (Å²) in [7, 11) is 0. The van der Waals surface area contributed by atoms with E-state index in [0.29, 0.717) is 31.2 Å². The number of imidazole rings is 1. The number of hydrogen-bond acceptors (Lipinski definition) is 6. The van der Waals surface area contributed by atoms with Crippen LogP contribution in [0, 0.1) is 0 Å². The molecule has 0 amide bonds. The van der Waals surface area contributed by atoms with Gasteiger partial charge in [-0.15, -0.1) is 11.3 Å². The summed E-state index contributed by atoms with van der Waals surface area (Å²) in [5, 5.41) is 1.96. The van der Waals surface area contributed by atoms with Crippen molar-refractivity contribution in [2.45, 2.75) is 20.1 Å². The third kappa shape index (κ3) is 5.50. The van der Waals surface area contributed by atoms with Crippen LogP contribution in [0.5, 0.6) is 5.75 Å². The Balaban J connectivity index is 1.57. The first-order valence-electron chi connectivity index (χ1n) is 10.3. The van der Waals surface area contributed by atoms with Crippen LogP contribution >= 0.6 is 11.3 Å². The third-order valence-electron chi connectivity index (χ3n) is 4.71. The summed E-state index contributed by atoms with van der Waals surface area (Å²) in [5.74, 6) is 0.895. The number of nitrogens with zero attached hydrogens (tertiary/aromatic N) is 3. The van der Waals surface area contributed by atoms with Gasteiger partial charge in [-0.3, -0.25) is 0 Å². The van der Waals surface area contributed by atoms with Gasteiger partial charge >= 0.3 is 5.97 Å². The second-order valence-electron chi connectivity index (χ2n) is 6.98. The SMILES string of the molecule is CCOC(=O)/C(=C/c1ccc(OCc2cscn2)cc1)c1nccn1Cc1ccccc1. The van der Waals surface area contributed by atoms with E-state index in [4.69, 9.17) is 9.47 Å². The Morgan fingerprint density at radius 2 is 1.91 bits per heavy atom. The summed E-state index contributed by atoms with van der Waals surface area (Å²) in [6, 6.07) is 17.6. The Morgan fingerprint density at radius 1 is 1.09 bits per heavy atom. The highest BCUT2D eigenvalue weighted by atomic mass is 32.1. The molecule has 162 valence electrons. The van der Waals surface area contributed by atoms with Crippen molar-refractivity contribution in [3.63, 3.8) is 0 Å². The summed E-state index contributed by atoms with van der Waals surface area (Å²) in [6.45, 7) is 3.11. The van der Waals surface area contributed by atoms with Crippen molar-refractivity contribution in [2.75, 3.05) is 6.61 Å². The van der Waals surface area contributed by atoms with Crippen LogP contribution < -0.4 is 4.74 Å². The smallest absolute Gasteiger partial charge is 0.341 e. The average Bonchev–Trinajstić information content (AvgIpc) is 3.50. The maximum Gasteiger partial charge on any atom is 0.341 e. The van der Waals surface area contributed by atoms with Crippen molar-refractivity contribution in [3.8, 4) is 5.75 Å². The second kappa shape index (κ2) is 10.5. The highest BCUT2D eigenvalue weighted by Gasteiger charge is 2.19. The molecular formula is C25H23N3O3S. The molecule has 0 radical (unpaired) electrons. The van der Waals surface area contributed by atoms with Crippen LogP contribution in [0.3, 0.4) is 0 Å². The predicted octanol–water partition coefficient (Wildman–Crippen LogP) is 5.07. The molecule has 0 unspecified atom stereocenters. The van der Waals surface area contributed by atoms with Crippen LogP contribution in [0.25, 0.3) is 11.6 Å². The monoisotopic (exact) mass is 445 g/mol. The lowest BCUT2D eigenvalue weighted by Crippen LogP contribution is -2.12. The van der Waals surface area contributed by atoms with Gasteiger partial charge in [0.15, 0.2) is 0 Å². The predicted molar refractivity (Wildman–Crippen MR) is 125 cm³/mol. The molecule has 0 N–H and O–H groups in total. The molecule has 0 saturated carbocycles. The van der Waals surface area contributed by atoms with Crippen LogP contribution in [0.4, 0.5) is 0 Å². The van der Waals surface area contributed by atoms with Crippen molar-refractivity contribution < 1.29 is 14.3 Å². The molecule has 0 aliphatic rings. The number of benzene rings is 2. The van der Waals surface area contributed by atoms with E-state index in [1.807, 2.05) is 70.7 Å². The number of carbonyl (C=O) groups is 1. The van der Waals surface area contributed by atoms with Crippen molar-refractivity contribution in [1.29, 1.82) is 0 Å². The first-order valence-corrected chi connectivity index (χ1v) is 11.2. The molecule has 0 bridgehead atoms. The van der Waals surface area contributed by atoms with E-state index in [1.165, 1.54) is 0 Å². The molecule has 0 aliphatic carbocycles. The van der Waals surface area contributed by atoms with Gasteiger partial charge in [0.2, 0.25) is 0 Å². The molecule has 0 saturated heterocycles. The minimum absolute atomic E-state index is 0.291. The van der Waals surface area contributed by atoms with E-state index < -0.39 is 5.97 Å². The Kier molecular flexibility index (Phi) is 7.09. The van der Waals surface area contributed by atoms with Gasteiger partial charge in [0, 0.05) is 24.3 Å². The molecule has 6 nitrogen and oxygen atoms in total. The van der Waals surface area contributed by atoms with Crippen molar-refractivity contribution in [3.05, 3.63) is 101 Å². The Bertz CT molecular complexity index is 1170. The van der Waals surface area contributed by atoms with Gasteiger partial charge in [-0.1, -0.05) is 42.5 Å². The number of thiazole rings is 1. The first kappa shape index (κ1) is 21.5. The van der Waals surface area contributed by atoms with Crippen LogP contribution in [0.15, 0.2) is 77.9 Å². The van der Waals surface area contributed by atoms with Crippen LogP contribution in [0.2, 0.25) is 0 Å². The van der Waals surface area contributed by atoms with E-state index in [2.05, 4.69) is 9.97 Å². The number of esters is 1. The van der Waals surface area contributed by atoms with Gasteiger partial charge in [0.25, 0.3) is 0 Å². The summed E-state index contributed by atoms with van der Waals surface area (Å²) in [4.78, 5) is 21.4. The maximum atomic E-state index is 12.8. The number of hydrogen-bond donors (Lipinski definition) is 0. The van der Waals surface area contributed by atoms with Gasteiger partial charge in [-0.05, 0) is 36.3 Å².